The summed E-state index contributed by atoms with van der Waals surface area (Å²) in [5.41, 5.74) is 5.29. The van der Waals surface area contributed by atoms with Gasteiger partial charge in [-0.1, -0.05) is 35.9 Å². The first-order valence-corrected chi connectivity index (χ1v) is 11.5. The van der Waals surface area contributed by atoms with Gasteiger partial charge in [-0.15, -0.1) is 0 Å². The van der Waals surface area contributed by atoms with Crippen LogP contribution < -0.4 is 9.64 Å². The molecule has 1 spiro atoms. The minimum atomic E-state index is -0.754. The van der Waals surface area contributed by atoms with Crippen molar-refractivity contribution in [3.05, 3.63) is 65.7 Å². The Kier molecular flexibility index (Phi) is 3.74. The summed E-state index contributed by atoms with van der Waals surface area (Å²) in [6.07, 6.45) is 3.72. The highest BCUT2D eigenvalue weighted by molar-refractivity contribution is 5.77. The van der Waals surface area contributed by atoms with Crippen LogP contribution in [0.2, 0.25) is 0 Å². The summed E-state index contributed by atoms with van der Waals surface area (Å²) in [7, 11) is 1.74. The molecule has 2 aromatic carbocycles. The van der Waals surface area contributed by atoms with Crippen molar-refractivity contribution in [2.24, 2.45) is 11.8 Å². The van der Waals surface area contributed by atoms with Gasteiger partial charge in [0, 0.05) is 41.4 Å². The molecule has 4 aliphatic heterocycles. The molecule has 31 heavy (non-hydrogen) atoms. The number of methoxy groups -OCH3 is 1. The lowest BCUT2D eigenvalue weighted by Crippen LogP contribution is -2.65. The van der Waals surface area contributed by atoms with E-state index in [-0.39, 0.29) is 17.4 Å². The minimum absolute atomic E-state index is 0.00117. The Bertz CT molecular complexity index is 1070. The maximum atomic E-state index is 11.3. The fourth-order valence-corrected chi connectivity index (χ4v) is 7.66. The molecule has 4 heterocycles. The van der Waals surface area contributed by atoms with E-state index in [1.165, 1.54) is 22.5 Å². The number of aliphatic hydroxyl groups excluding tert-OH is 1. The molecule has 2 saturated heterocycles. The standard InChI is InChI=1S/C26H28N2O3/c1-30-18-7-8-20-21(13-18)28(17-5-3-2-4-6-17)24-23-19-14-22-26(20,24)10-11-27(22)15-16(19)9-12-31-25(23)29/h2-9,13,19,22-25,29H,10-12,14-15H2,1H3/t19-,22+,23-,24+,25+,26-/m1/s1. The number of rotatable bonds is 2. The highest BCUT2D eigenvalue weighted by atomic mass is 16.6. The molecule has 3 fully saturated rings. The van der Waals surface area contributed by atoms with Crippen molar-refractivity contribution in [3.63, 3.8) is 0 Å². The number of nitrogens with zero attached hydrogens (tertiary/aromatic N) is 2. The quantitative estimate of drug-likeness (QED) is 0.760. The molecule has 2 bridgehead atoms. The third-order valence-electron chi connectivity index (χ3n) is 8.76. The van der Waals surface area contributed by atoms with Gasteiger partial charge in [0.15, 0.2) is 6.29 Å². The maximum absolute atomic E-state index is 11.3. The molecule has 0 unspecified atom stereocenters. The third kappa shape index (κ3) is 2.22. The lowest BCUT2D eigenvalue weighted by atomic mass is 9.55. The Morgan fingerprint density at radius 2 is 2.03 bits per heavy atom. The topological polar surface area (TPSA) is 45.2 Å². The summed E-state index contributed by atoms with van der Waals surface area (Å²) in [5.74, 6) is 1.30. The molecular formula is C26H28N2O3. The molecule has 2 aromatic rings. The summed E-state index contributed by atoms with van der Waals surface area (Å²) < 4.78 is 11.6. The second-order valence-electron chi connectivity index (χ2n) is 9.73. The molecule has 7 rings (SSSR count). The third-order valence-corrected chi connectivity index (χ3v) is 8.76. The fraction of sp³-hybridized carbons (Fsp3) is 0.462. The van der Waals surface area contributed by atoms with E-state index in [2.05, 4.69) is 64.4 Å². The first kappa shape index (κ1) is 18.3. The van der Waals surface area contributed by atoms with Crippen molar-refractivity contribution in [1.82, 2.24) is 4.90 Å². The number of para-hydroxylation sites is 1. The smallest absolute Gasteiger partial charge is 0.160 e. The highest BCUT2D eigenvalue weighted by Crippen LogP contribution is 2.65. The fourth-order valence-electron chi connectivity index (χ4n) is 7.66. The zero-order valence-corrected chi connectivity index (χ0v) is 17.8. The largest absolute Gasteiger partial charge is 0.497 e. The van der Waals surface area contributed by atoms with E-state index >= 15 is 0 Å². The predicted molar refractivity (Wildman–Crippen MR) is 119 cm³/mol. The predicted octanol–water partition coefficient (Wildman–Crippen LogP) is 3.45. The summed E-state index contributed by atoms with van der Waals surface area (Å²) >= 11 is 0. The van der Waals surface area contributed by atoms with Gasteiger partial charge >= 0.3 is 0 Å². The van der Waals surface area contributed by atoms with Gasteiger partial charge in [-0.3, -0.25) is 4.90 Å². The number of ether oxygens (including phenoxy) is 2. The van der Waals surface area contributed by atoms with Gasteiger partial charge in [0.1, 0.15) is 5.75 Å². The molecule has 1 aliphatic carbocycles. The Balaban J connectivity index is 1.52. The maximum Gasteiger partial charge on any atom is 0.160 e. The molecule has 0 amide bonds. The average Bonchev–Trinajstić information content (AvgIpc) is 3.27. The van der Waals surface area contributed by atoms with Crippen LogP contribution in [0, 0.1) is 11.8 Å². The van der Waals surface area contributed by atoms with Crippen LogP contribution in [0.15, 0.2) is 60.2 Å². The first-order valence-electron chi connectivity index (χ1n) is 11.5. The number of hydrogen-bond acceptors (Lipinski definition) is 5. The van der Waals surface area contributed by atoms with E-state index in [0.29, 0.717) is 18.6 Å². The second-order valence-corrected chi connectivity index (χ2v) is 9.73. The van der Waals surface area contributed by atoms with Crippen LogP contribution in [-0.2, 0) is 10.2 Å². The molecule has 160 valence electrons. The van der Waals surface area contributed by atoms with E-state index in [1.54, 1.807) is 7.11 Å². The van der Waals surface area contributed by atoms with Crippen molar-refractivity contribution in [3.8, 4) is 5.75 Å². The number of aliphatic hydroxyl groups is 1. The molecule has 6 atom stereocenters. The molecule has 5 nitrogen and oxygen atoms in total. The van der Waals surface area contributed by atoms with Gasteiger partial charge < -0.3 is 19.5 Å². The normalized spacial score (nSPS) is 37.7. The van der Waals surface area contributed by atoms with E-state index in [9.17, 15) is 5.11 Å². The van der Waals surface area contributed by atoms with E-state index < -0.39 is 6.29 Å². The summed E-state index contributed by atoms with van der Waals surface area (Å²) in [4.78, 5) is 5.21. The van der Waals surface area contributed by atoms with Crippen molar-refractivity contribution in [2.45, 2.75) is 36.6 Å². The molecular weight excluding hydrogens is 388 g/mol. The number of piperidine rings is 1. The zero-order valence-electron chi connectivity index (χ0n) is 17.8. The van der Waals surface area contributed by atoms with Crippen LogP contribution in [0.25, 0.3) is 0 Å². The van der Waals surface area contributed by atoms with Gasteiger partial charge in [0.05, 0.1) is 19.8 Å². The number of benzene rings is 2. The van der Waals surface area contributed by atoms with Crippen LogP contribution in [0.3, 0.4) is 0 Å². The molecule has 1 saturated carbocycles. The van der Waals surface area contributed by atoms with Crippen molar-refractivity contribution in [2.75, 3.05) is 31.7 Å². The van der Waals surface area contributed by atoms with Crippen LogP contribution in [0.5, 0.6) is 5.75 Å². The van der Waals surface area contributed by atoms with E-state index in [1.807, 2.05) is 0 Å². The first-order chi connectivity index (χ1) is 15.2. The Labute approximate surface area is 182 Å². The molecule has 5 aliphatic rings. The second kappa shape index (κ2) is 6.35. The summed E-state index contributed by atoms with van der Waals surface area (Å²) in [6, 6.07) is 17.9. The van der Waals surface area contributed by atoms with E-state index in [0.717, 1.165) is 31.7 Å². The Morgan fingerprint density at radius 1 is 1.16 bits per heavy atom. The Morgan fingerprint density at radius 3 is 2.87 bits per heavy atom. The van der Waals surface area contributed by atoms with Crippen LogP contribution in [0.1, 0.15) is 18.4 Å². The molecule has 1 N–H and O–H groups in total. The number of hydrogen-bond donors (Lipinski definition) is 1. The zero-order chi connectivity index (χ0) is 20.7. The van der Waals surface area contributed by atoms with Gasteiger partial charge in [-0.05, 0) is 49.1 Å². The summed E-state index contributed by atoms with van der Waals surface area (Å²) in [6.45, 7) is 2.64. The highest BCUT2D eigenvalue weighted by Gasteiger charge is 2.69. The van der Waals surface area contributed by atoms with Crippen molar-refractivity contribution >= 4 is 11.4 Å². The molecule has 5 heteroatoms. The molecule has 0 radical (unpaired) electrons. The minimum Gasteiger partial charge on any atom is -0.497 e. The SMILES string of the molecule is COc1ccc2c(c1)N(c1ccccc1)[C@H]1[C@H]3[C@@H]4C[C@@H]5N(CC[C@@]251)CC4=CCO[C@@H]3O. The van der Waals surface area contributed by atoms with Crippen LogP contribution >= 0.6 is 0 Å². The lowest BCUT2D eigenvalue weighted by Gasteiger charge is -2.56. The monoisotopic (exact) mass is 416 g/mol. The van der Waals surface area contributed by atoms with Crippen molar-refractivity contribution in [1.29, 1.82) is 0 Å². The van der Waals surface area contributed by atoms with Gasteiger partial charge in [0.25, 0.3) is 0 Å². The van der Waals surface area contributed by atoms with Crippen LogP contribution in [0.4, 0.5) is 11.4 Å². The number of fused-ring (bicyclic) bond motifs is 2. The van der Waals surface area contributed by atoms with Gasteiger partial charge in [-0.25, -0.2) is 0 Å². The summed E-state index contributed by atoms with van der Waals surface area (Å²) in [5, 5.41) is 11.3. The lowest BCUT2D eigenvalue weighted by molar-refractivity contribution is -0.154. The number of anilines is 2. The molecule has 0 aromatic heterocycles. The average molecular weight is 417 g/mol. The van der Waals surface area contributed by atoms with Crippen molar-refractivity contribution < 1.29 is 14.6 Å². The Hall–Kier alpha value is -2.34. The van der Waals surface area contributed by atoms with E-state index in [4.69, 9.17) is 9.47 Å². The van der Waals surface area contributed by atoms with Crippen LogP contribution in [-0.4, -0.2) is 55.2 Å². The van der Waals surface area contributed by atoms with Gasteiger partial charge in [0.2, 0.25) is 0 Å². The van der Waals surface area contributed by atoms with Gasteiger partial charge in [-0.2, -0.15) is 0 Å².